The number of esters is 1. The SMILES string of the molecule is O=C(COC(=O)c1c2c(nc3ccccc13)CCCCCC2)Nc1ccc(F)cc1. The Bertz CT molecular complexity index is 1080. The van der Waals surface area contributed by atoms with E-state index in [2.05, 4.69) is 5.32 Å². The molecule has 1 aliphatic carbocycles. The van der Waals surface area contributed by atoms with Crippen LogP contribution in [0.4, 0.5) is 10.1 Å². The Kier molecular flexibility index (Phi) is 6.02. The maximum atomic E-state index is 13.1. The number of halogens is 1. The number of carbonyl (C=O) groups is 2. The minimum atomic E-state index is -0.514. The van der Waals surface area contributed by atoms with Crippen molar-refractivity contribution in [1.82, 2.24) is 4.98 Å². The first-order valence-electron chi connectivity index (χ1n) is 10.2. The first-order chi connectivity index (χ1) is 14.6. The zero-order valence-corrected chi connectivity index (χ0v) is 16.6. The summed E-state index contributed by atoms with van der Waals surface area (Å²) in [5, 5.41) is 3.35. The molecule has 1 N–H and O–H groups in total. The van der Waals surface area contributed by atoms with Gasteiger partial charge in [0.2, 0.25) is 0 Å². The lowest BCUT2D eigenvalue weighted by Crippen LogP contribution is -2.22. The molecule has 0 saturated carbocycles. The van der Waals surface area contributed by atoms with Crippen molar-refractivity contribution >= 4 is 28.5 Å². The van der Waals surface area contributed by atoms with E-state index in [4.69, 9.17) is 9.72 Å². The summed E-state index contributed by atoms with van der Waals surface area (Å²) < 4.78 is 18.4. The standard InChI is InChI=1S/C24H23FN2O3/c25-16-11-13-17(14-12-16)26-22(28)15-30-24(29)23-18-7-3-1-2-4-9-20(18)27-21-10-6-5-8-19(21)23/h5-6,8,10-14H,1-4,7,9,15H2,(H,26,28). The number of nitrogens with zero attached hydrogens (tertiary/aromatic N) is 1. The van der Waals surface area contributed by atoms with Gasteiger partial charge in [0.05, 0.1) is 11.1 Å². The van der Waals surface area contributed by atoms with Crippen LogP contribution in [0.5, 0.6) is 0 Å². The molecule has 154 valence electrons. The average Bonchev–Trinajstić information content (AvgIpc) is 2.73. The van der Waals surface area contributed by atoms with E-state index in [1.807, 2.05) is 24.3 Å². The number of aromatic nitrogens is 1. The van der Waals surface area contributed by atoms with Crippen molar-refractivity contribution in [2.24, 2.45) is 0 Å². The molecule has 1 aromatic heterocycles. The molecule has 4 rings (SSSR count). The third kappa shape index (κ3) is 4.48. The Morgan fingerprint density at radius 3 is 2.50 bits per heavy atom. The minimum Gasteiger partial charge on any atom is -0.452 e. The number of fused-ring (bicyclic) bond motifs is 2. The number of amides is 1. The number of aryl methyl sites for hydroxylation is 1. The molecule has 1 heterocycles. The first-order valence-corrected chi connectivity index (χ1v) is 10.2. The lowest BCUT2D eigenvalue weighted by Gasteiger charge is -2.18. The van der Waals surface area contributed by atoms with E-state index in [1.54, 1.807) is 0 Å². The van der Waals surface area contributed by atoms with E-state index in [9.17, 15) is 14.0 Å². The van der Waals surface area contributed by atoms with Gasteiger partial charge in [-0.15, -0.1) is 0 Å². The van der Waals surface area contributed by atoms with Gasteiger partial charge in [-0.3, -0.25) is 9.78 Å². The molecule has 1 aliphatic rings. The van der Waals surface area contributed by atoms with Crippen LogP contribution in [0.15, 0.2) is 48.5 Å². The lowest BCUT2D eigenvalue weighted by molar-refractivity contribution is -0.119. The Morgan fingerprint density at radius 1 is 0.967 bits per heavy atom. The van der Waals surface area contributed by atoms with Crippen molar-refractivity contribution in [2.75, 3.05) is 11.9 Å². The molecule has 0 atom stereocenters. The van der Waals surface area contributed by atoms with E-state index in [-0.39, 0.29) is 5.82 Å². The van der Waals surface area contributed by atoms with Crippen molar-refractivity contribution in [3.8, 4) is 0 Å². The molecule has 0 fully saturated rings. The number of anilines is 1. The molecule has 1 amide bonds. The molecule has 0 bridgehead atoms. The second kappa shape index (κ2) is 9.03. The summed E-state index contributed by atoms with van der Waals surface area (Å²) in [5.41, 5.74) is 3.62. The smallest absolute Gasteiger partial charge is 0.339 e. The van der Waals surface area contributed by atoms with Crippen LogP contribution in [0, 0.1) is 5.82 Å². The van der Waals surface area contributed by atoms with Crippen LogP contribution in [0.1, 0.15) is 47.3 Å². The second-order valence-corrected chi connectivity index (χ2v) is 7.47. The van der Waals surface area contributed by atoms with Gasteiger partial charge < -0.3 is 10.1 Å². The predicted molar refractivity (Wildman–Crippen MR) is 113 cm³/mol. The predicted octanol–water partition coefficient (Wildman–Crippen LogP) is 4.83. The third-order valence-electron chi connectivity index (χ3n) is 5.34. The van der Waals surface area contributed by atoms with Gasteiger partial charge in [-0.2, -0.15) is 0 Å². The highest BCUT2D eigenvalue weighted by molar-refractivity contribution is 6.06. The van der Waals surface area contributed by atoms with Gasteiger partial charge in [-0.1, -0.05) is 31.0 Å². The first kappa shape index (κ1) is 20.0. The fourth-order valence-electron chi connectivity index (χ4n) is 3.89. The van der Waals surface area contributed by atoms with Crippen molar-refractivity contribution in [3.63, 3.8) is 0 Å². The minimum absolute atomic E-state index is 0.388. The Labute approximate surface area is 174 Å². The van der Waals surface area contributed by atoms with E-state index in [0.29, 0.717) is 11.3 Å². The van der Waals surface area contributed by atoms with Crippen LogP contribution in [0.2, 0.25) is 0 Å². The van der Waals surface area contributed by atoms with Crippen molar-refractivity contribution in [2.45, 2.75) is 38.5 Å². The summed E-state index contributed by atoms with van der Waals surface area (Å²) >= 11 is 0. The number of carbonyl (C=O) groups excluding carboxylic acids is 2. The molecule has 0 radical (unpaired) electrons. The van der Waals surface area contributed by atoms with E-state index in [1.165, 1.54) is 24.3 Å². The maximum Gasteiger partial charge on any atom is 0.339 e. The largest absolute Gasteiger partial charge is 0.452 e. The zero-order chi connectivity index (χ0) is 20.9. The van der Waals surface area contributed by atoms with Gasteiger partial charge in [0, 0.05) is 16.8 Å². The van der Waals surface area contributed by atoms with Gasteiger partial charge in [0.15, 0.2) is 6.61 Å². The highest BCUT2D eigenvalue weighted by atomic mass is 19.1. The number of benzene rings is 2. The van der Waals surface area contributed by atoms with Crippen LogP contribution < -0.4 is 5.32 Å². The van der Waals surface area contributed by atoms with Gasteiger partial charge in [-0.05, 0) is 61.6 Å². The molecule has 3 aromatic rings. The van der Waals surface area contributed by atoms with Crippen molar-refractivity contribution in [1.29, 1.82) is 0 Å². The fraction of sp³-hybridized carbons (Fsp3) is 0.292. The molecular weight excluding hydrogens is 383 g/mol. The number of nitrogens with one attached hydrogen (secondary N) is 1. The van der Waals surface area contributed by atoms with Gasteiger partial charge >= 0.3 is 5.97 Å². The topological polar surface area (TPSA) is 68.3 Å². The van der Waals surface area contributed by atoms with Crippen LogP contribution in [0.3, 0.4) is 0 Å². The average molecular weight is 406 g/mol. The highest BCUT2D eigenvalue weighted by Crippen LogP contribution is 2.29. The molecule has 0 unspecified atom stereocenters. The van der Waals surface area contributed by atoms with Gasteiger partial charge in [0.25, 0.3) is 5.91 Å². The summed E-state index contributed by atoms with van der Waals surface area (Å²) in [5.74, 6) is -1.38. The summed E-state index contributed by atoms with van der Waals surface area (Å²) in [6, 6.07) is 12.9. The molecule has 6 heteroatoms. The summed E-state index contributed by atoms with van der Waals surface area (Å²) in [4.78, 5) is 30.0. The maximum absolute atomic E-state index is 13.1. The van der Waals surface area contributed by atoms with E-state index in [0.717, 1.165) is 60.7 Å². The van der Waals surface area contributed by atoms with Crippen LogP contribution in [-0.2, 0) is 22.4 Å². The number of rotatable bonds is 4. The fourth-order valence-corrected chi connectivity index (χ4v) is 3.89. The normalized spacial score (nSPS) is 13.8. The van der Waals surface area contributed by atoms with Gasteiger partial charge in [0.1, 0.15) is 5.82 Å². The molecule has 30 heavy (non-hydrogen) atoms. The third-order valence-corrected chi connectivity index (χ3v) is 5.34. The van der Waals surface area contributed by atoms with Crippen molar-refractivity contribution in [3.05, 3.63) is 71.2 Å². The zero-order valence-electron chi connectivity index (χ0n) is 16.6. The Morgan fingerprint density at radius 2 is 1.70 bits per heavy atom. The number of para-hydroxylation sites is 1. The number of hydrogen-bond acceptors (Lipinski definition) is 4. The molecule has 0 aliphatic heterocycles. The molecule has 0 spiro atoms. The van der Waals surface area contributed by atoms with E-state index >= 15 is 0 Å². The van der Waals surface area contributed by atoms with Crippen molar-refractivity contribution < 1.29 is 18.7 Å². The number of ether oxygens (including phenoxy) is 1. The lowest BCUT2D eigenvalue weighted by atomic mass is 9.91. The van der Waals surface area contributed by atoms with Crippen LogP contribution in [0.25, 0.3) is 10.9 Å². The summed E-state index contributed by atoms with van der Waals surface area (Å²) in [6.07, 6.45) is 5.95. The van der Waals surface area contributed by atoms with E-state index < -0.39 is 18.5 Å². The molecule has 2 aromatic carbocycles. The highest BCUT2D eigenvalue weighted by Gasteiger charge is 2.23. The molecular formula is C24H23FN2O3. The number of hydrogen-bond donors (Lipinski definition) is 1. The van der Waals surface area contributed by atoms with Gasteiger partial charge in [-0.25, -0.2) is 9.18 Å². The van der Waals surface area contributed by atoms with Crippen LogP contribution >= 0.6 is 0 Å². The molecule has 0 saturated heterocycles. The summed E-state index contributed by atoms with van der Waals surface area (Å²) in [7, 11) is 0. The monoisotopic (exact) mass is 406 g/mol. The molecule has 5 nitrogen and oxygen atoms in total. The quantitative estimate of drug-likeness (QED) is 0.630. The Hall–Kier alpha value is -3.28. The second-order valence-electron chi connectivity index (χ2n) is 7.47. The summed E-state index contributed by atoms with van der Waals surface area (Å²) in [6.45, 7) is -0.415. The Balaban J connectivity index is 1.56. The van der Waals surface area contributed by atoms with Crippen LogP contribution in [-0.4, -0.2) is 23.5 Å². The number of pyridine rings is 1.